The Bertz CT molecular complexity index is 952. The molecule has 10 heteroatoms. The van der Waals surface area contributed by atoms with Gasteiger partial charge in [0.05, 0.1) is 28.1 Å². The molecule has 0 bridgehead atoms. The number of carboxylic acid groups (broad SMARTS) is 1. The van der Waals surface area contributed by atoms with Crippen LogP contribution in [0, 0.1) is 5.92 Å². The summed E-state index contributed by atoms with van der Waals surface area (Å²) in [5, 5.41) is 8.65. The highest BCUT2D eigenvalue weighted by atomic mass is 35.5. The molecule has 1 heterocycles. The van der Waals surface area contributed by atoms with Crippen LogP contribution in [-0.4, -0.2) is 29.1 Å². The van der Waals surface area contributed by atoms with Crippen LogP contribution < -0.4 is 0 Å². The molecular formula is C21H18ClF6NO2. The molecule has 0 spiro atoms. The number of likely N-dealkylation sites (tertiary alicyclic amines) is 1. The normalized spacial score (nSPS) is 17.5. The van der Waals surface area contributed by atoms with E-state index >= 15 is 0 Å². The number of alkyl halides is 6. The van der Waals surface area contributed by atoms with Gasteiger partial charge in [-0.3, -0.25) is 9.69 Å². The van der Waals surface area contributed by atoms with Gasteiger partial charge in [-0.25, -0.2) is 0 Å². The van der Waals surface area contributed by atoms with Crippen molar-refractivity contribution in [3.63, 3.8) is 0 Å². The van der Waals surface area contributed by atoms with Gasteiger partial charge in [0, 0.05) is 0 Å². The lowest BCUT2D eigenvalue weighted by Gasteiger charge is -2.38. The second-order valence-electron chi connectivity index (χ2n) is 7.37. The predicted octanol–water partition coefficient (Wildman–Crippen LogP) is 6.26. The molecule has 1 atom stereocenters. The molecule has 1 N–H and O–H groups in total. The van der Waals surface area contributed by atoms with Gasteiger partial charge in [-0.15, -0.1) is 0 Å². The van der Waals surface area contributed by atoms with Gasteiger partial charge < -0.3 is 5.11 Å². The van der Waals surface area contributed by atoms with Crippen LogP contribution in [0.25, 0.3) is 0 Å². The van der Waals surface area contributed by atoms with Crippen molar-refractivity contribution in [2.24, 2.45) is 5.92 Å². The fourth-order valence-corrected chi connectivity index (χ4v) is 4.14. The fourth-order valence-electron chi connectivity index (χ4n) is 3.92. The second-order valence-corrected chi connectivity index (χ2v) is 7.78. The zero-order valence-corrected chi connectivity index (χ0v) is 16.7. The summed E-state index contributed by atoms with van der Waals surface area (Å²) < 4.78 is 81.3. The first-order chi connectivity index (χ1) is 14.4. The van der Waals surface area contributed by atoms with E-state index in [2.05, 4.69) is 0 Å². The van der Waals surface area contributed by atoms with Gasteiger partial charge in [0.1, 0.15) is 0 Å². The SMILES string of the molecule is O=C(O)C1CCN(C(c2ccc(Cl)c(C(F)(F)F)c2)c2ccccc2C(F)(F)F)CC1. The van der Waals surface area contributed by atoms with E-state index in [-0.39, 0.29) is 37.1 Å². The fraction of sp³-hybridized carbons (Fsp3) is 0.381. The van der Waals surface area contributed by atoms with Crippen LogP contribution in [-0.2, 0) is 17.1 Å². The van der Waals surface area contributed by atoms with Gasteiger partial charge >= 0.3 is 18.3 Å². The third-order valence-electron chi connectivity index (χ3n) is 5.42. The van der Waals surface area contributed by atoms with Crippen molar-refractivity contribution in [1.82, 2.24) is 4.90 Å². The summed E-state index contributed by atoms with van der Waals surface area (Å²) in [6.07, 6.45) is -9.13. The zero-order valence-electron chi connectivity index (χ0n) is 16.0. The second kappa shape index (κ2) is 8.70. The number of halogens is 7. The van der Waals surface area contributed by atoms with Crippen molar-refractivity contribution in [3.05, 3.63) is 69.7 Å². The lowest BCUT2D eigenvalue weighted by molar-refractivity contribution is -0.143. The number of carbonyl (C=O) groups is 1. The number of nitrogens with zero attached hydrogens (tertiary/aromatic N) is 1. The highest BCUT2D eigenvalue weighted by molar-refractivity contribution is 6.31. The molecule has 31 heavy (non-hydrogen) atoms. The molecule has 1 saturated heterocycles. The summed E-state index contributed by atoms with van der Waals surface area (Å²) in [5.41, 5.74) is -2.29. The molecule has 0 aliphatic carbocycles. The number of benzene rings is 2. The van der Waals surface area contributed by atoms with Gasteiger partial charge in [-0.05, 0) is 55.3 Å². The first kappa shape index (κ1) is 23.4. The number of hydrogen-bond acceptors (Lipinski definition) is 2. The van der Waals surface area contributed by atoms with Crippen molar-refractivity contribution in [1.29, 1.82) is 0 Å². The number of carboxylic acids is 1. The molecule has 1 unspecified atom stereocenters. The molecule has 2 aromatic carbocycles. The number of aliphatic carboxylic acids is 1. The number of hydrogen-bond donors (Lipinski definition) is 1. The quantitative estimate of drug-likeness (QED) is 0.541. The van der Waals surface area contributed by atoms with Gasteiger partial charge in [0.15, 0.2) is 0 Å². The lowest BCUT2D eigenvalue weighted by Crippen LogP contribution is -2.39. The first-order valence-corrected chi connectivity index (χ1v) is 9.77. The highest BCUT2D eigenvalue weighted by Gasteiger charge is 2.40. The minimum Gasteiger partial charge on any atom is -0.481 e. The average molecular weight is 466 g/mol. The van der Waals surface area contributed by atoms with Crippen molar-refractivity contribution >= 4 is 17.6 Å². The van der Waals surface area contributed by atoms with Crippen LogP contribution in [0.15, 0.2) is 42.5 Å². The average Bonchev–Trinajstić information content (AvgIpc) is 2.68. The third-order valence-corrected chi connectivity index (χ3v) is 5.75. The Morgan fingerprint density at radius 1 is 0.968 bits per heavy atom. The van der Waals surface area contributed by atoms with Crippen LogP contribution in [0.4, 0.5) is 26.3 Å². The van der Waals surface area contributed by atoms with E-state index in [1.165, 1.54) is 24.3 Å². The van der Waals surface area contributed by atoms with Crippen LogP contribution in [0.5, 0.6) is 0 Å². The van der Waals surface area contributed by atoms with E-state index in [1.807, 2.05) is 0 Å². The van der Waals surface area contributed by atoms with Gasteiger partial charge in [0.25, 0.3) is 0 Å². The molecule has 3 nitrogen and oxygen atoms in total. The Labute approximate surface area is 179 Å². The Morgan fingerprint density at radius 3 is 2.10 bits per heavy atom. The summed E-state index contributed by atoms with van der Waals surface area (Å²) in [5.74, 6) is -1.65. The minimum atomic E-state index is -4.78. The van der Waals surface area contributed by atoms with E-state index in [4.69, 9.17) is 11.6 Å². The van der Waals surface area contributed by atoms with Crippen LogP contribution >= 0.6 is 11.6 Å². The van der Waals surface area contributed by atoms with E-state index in [0.29, 0.717) is 0 Å². The summed E-state index contributed by atoms with van der Waals surface area (Å²) >= 11 is 5.70. The van der Waals surface area contributed by atoms with E-state index in [9.17, 15) is 36.2 Å². The standard InChI is InChI=1S/C21H18ClF6NO2/c22-17-6-5-13(11-16(17)21(26,27)28)18(29-9-7-12(8-10-29)19(30)31)14-3-1-2-4-15(14)20(23,24)25/h1-6,11-12,18H,7-10H2,(H,30,31). The molecular weight excluding hydrogens is 448 g/mol. The first-order valence-electron chi connectivity index (χ1n) is 9.39. The summed E-state index contributed by atoms with van der Waals surface area (Å²) in [6.45, 7) is 0.246. The maximum atomic E-state index is 13.7. The van der Waals surface area contributed by atoms with Gasteiger partial charge in [-0.2, -0.15) is 26.3 Å². The third kappa shape index (κ3) is 5.15. The van der Waals surface area contributed by atoms with Crippen molar-refractivity contribution in [2.45, 2.75) is 31.2 Å². The van der Waals surface area contributed by atoms with E-state index in [0.717, 1.165) is 18.2 Å². The Hall–Kier alpha value is -2.26. The van der Waals surface area contributed by atoms with Gasteiger partial charge in [0.2, 0.25) is 0 Å². The topological polar surface area (TPSA) is 40.5 Å². The highest BCUT2D eigenvalue weighted by Crippen LogP contribution is 2.43. The molecule has 1 aliphatic rings. The minimum absolute atomic E-state index is 0.00204. The molecule has 2 aromatic rings. The molecule has 0 amide bonds. The zero-order chi connectivity index (χ0) is 23.0. The Morgan fingerprint density at radius 2 is 1.55 bits per heavy atom. The maximum Gasteiger partial charge on any atom is 0.417 e. The molecule has 1 aliphatic heterocycles. The van der Waals surface area contributed by atoms with Crippen molar-refractivity contribution < 1.29 is 36.2 Å². The Kier molecular flexibility index (Phi) is 6.57. The van der Waals surface area contributed by atoms with Crippen LogP contribution in [0.2, 0.25) is 5.02 Å². The monoisotopic (exact) mass is 465 g/mol. The molecule has 0 saturated carbocycles. The summed E-state index contributed by atoms with van der Waals surface area (Å²) in [6, 6.07) is 6.64. The molecule has 0 aromatic heterocycles. The smallest absolute Gasteiger partial charge is 0.417 e. The van der Waals surface area contributed by atoms with Crippen molar-refractivity contribution in [3.8, 4) is 0 Å². The Balaban J connectivity index is 2.13. The molecule has 168 valence electrons. The van der Waals surface area contributed by atoms with Crippen molar-refractivity contribution in [2.75, 3.05) is 13.1 Å². The molecule has 3 rings (SSSR count). The van der Waals surface area contributed by atoms with Crippen LogP contribution in [0.1, 0.15) is 41.1 Å². The molecule has 1 fully saturated rings. The lowest BCUT2D eigenvalue weighted by atomic mass is 9.88. The largest absolute Gasteiger partial charge is 0.481 e. The number of rotatable bonds is 4. The number of piperidine rings is 1. The van der Waals surface area contributed by atoms with E-state index in [1.54, 1.807) is 4.90 Å². The van der Waals surface area contributed by atoms with E-state index < -0.39 is 46.4 Å². The summed E-state index contributed by atoms with van der Waals surface area (Å²) in [4.78, 5) is 12.8. The van der Waals surface area contributed by atoms with Crippen LogP contribution in [0.3, 0.4) is 0 Å². The van der Waals surface area contributed by atoms with Gasteiger partial charge in [-0.1, -0.05) is 35.9 Å². The predicted molar refractivity (Wildman–Crippen MR) is 102 cm³/mol. The molecule has 0 radical (unpaired) electrons. The maximum absolute atomic E-state index is 13.7. The summed E-state index contributed by atoms with van der Waals surface area (Å²) in [7, 11) is 0.